The van der Waals surface area contributed by atoms with E-state index < -0.39 is 0 Å². The van der Waals surface area contributed by atoms with Gasteiger partial charge in [-0.1, -0.05) is 19.8 Å². The second-order valence-electron chi connectivity index (χ2n) is 3.60. The van der Waals surface area contributed by atoms with Gasteiger partial charge in [0, 0.05) is 6.42 Å². The lowest BCUT2D eigenvalue weighted by Gasteiger charge is -2.02. The highest BCUT2D eigenvalue weighted by Gasteiger charge is 2.10. The van der Waals surface area contributed by atoms with E-state index in [1.165, 1.54) is 19.3 Å². The smallest absolute Gasteiger partial charge is 0.107 e. The van der Waals surface area contributed by atoms with Crippen LogP contribution in [0.3, 0.4) is 0 Å². The van der Waals surface area contributed by atoms with E-state index in [4.69, 9.17) is 0 Å². The molecule has 4 nitrogen and oxygen atoms in total. The molecule has 0 amide bonds. The lowest BCUT2D eigenvalue weighted by Crippen LogP contribution is -2.12. The van der Waals surface area contributed by atoms with Crippen molar-refractivity contribution >= 4 is 6.21 Å². The standard InChI is InChI=1S/C10H16N4/c1-2-3-4-5-10-13-8-6-11-12-7-9(8)14-10/h6,12H,2-5,7H2,1H3,(H,13,14). The first-order valence-corrected chi connectivity index (χ1v) is 5.24. The Morgan fingerprint density at radius 2 is 2.36 bits per heavy atom. The Hall–Kier alpha value is -1.32. The number of hydrazone groups is 1. The van der Waals surface area contributed by atoms with Crippen molar-refractivity contribution in [3.8, 4) is 0 Å². The van der Waals surface area contributed by atoms with Crippen molar-refractivity contribution in [2.45, 2.75) is 39.2 Å². The van der Waals surface area contributed by atoms with Crippen LogP contribution in [0, 0.1) is 0 Å². The lowest BCUT2D eigenvalue weighted by molar-refractivity contribution is 0.692. The third kappa shape index (κ3) is 1.95. The monoisotopic (exact) mass is 192 g/mol. The van der Waals surface area contributed by atoms with Crippen LogP contribution in [0.4, 0.5) is 0 Å². The third-order valence-corrected chi connectivity index (χ3v) is 2.41. The number of nitrogens with zero attached hydrogens (tertiary/aromatic N) is 2. The molecule has 76 valence electrons. The predicted molar refractivity (Wildman–Crippen MR) is 56.3 cm³/mol. The number of nitrogens with one attached hydrogen (secondary N) is 2. The van der Waals surface area contributed by atoms with Crippen LogP contribution >= 0.6 is 0 Å². The molecule has 0 saturated heterocycles. The number of aryl methyl sites for hydroxylation is 1. The molecule has 0 spiro atoms. The first-order chi connectivity index (χ1) is 6.90. The van der Waals surface area contributed by atoms with E-state index in [0.717, 1.165) is 30.2 Å². The summed E-state index contributed by atoms with van der Waals surface area (Å²) >= 11 is 0. The number of imidazole rings is 1. The van der Waals surface area contributed by atoms with E-state index >= 15 is 0 Å². The predicted octanol–water partition coefficient (Wildman–Crippen LogP) is 1.58. The van der Waals surface area contributed by atoms with Gasteiger partial charge < -0.3 is 10.4 Å². The molecule has 1 aliphatic heterocycles. The topological polar surface area (TPSA) is 53.1 Å². The molecule has 2 heterocycles. The van der Waals surface area contributed by atoms with Gasteiger partial charge in [-0.15, -0.1) is 0 Å². The van der Waals surface area contributed by atoms with Crippen LogP contribution in [0.1, 0.15) is 43.4 Å². The molecule has 0 radical (unpaired) electrons. The first-order valence-electron chi connectivity index (χ1n) is 5.24. The van der Waals surface area contributed by atoms with E-state index in [1.54, 1.807) is 6.21 Å². The number of rotatable bonds is 4. The molecule has 1 aromatic rings. The number of aromatic nitrogens is 2. The highest BCUT2D eigenvalue weighted by atomic mass is 15.3. The van der Waals surface area contributed by atoms with Gasteiger partial charge in [-0.05, 0) is 6.42 Å². The van der Waals surface area contributed by atoms with Gasteiger partial charge in [0.05, 0.1) is 18.5 Å². The summed E-state index contributed by atoms with van der Waals surface area (Å²) in [6.45, 7) is 2.98. The van der Waals surface area contributed by atoms with Crippen molar-refractivity contribution in [1.29, 1.82) is 0 Å². The van der Waals surface area contributed by atoms with E-state index in [-0.39, 0.29) is 0 Å². The maximum absolute atomic E-state index is 4.48. The minimum Gasteiger partial charge on any atom is -0.344 e. The molecule has 4 heteroatoms. The quantitative estimate of drug-likeness (QED) is 0.712. The Kier molecular flexibility index (Phi) is 2.81. The molecular formula is C10H16N4. The van der Waals surface area contributed by atoms with Gasteiger partial charge in [0.1, 0.15) is 11.5 Å². The van der Waals surface area contributed by atoms with Crippen molar-refractivity contribution in [2.75, 3.05) is 0 Å². The van der Waals surface area contributed by atoms with Crippen molar-refractivity contribution in [3.63, 3.8) is 0 Å². The zero-order valence-corrected chi connectivity index (χ0v) is 8.51. The summed E-state index contributed by atoms with van der Waals surface area (Å²) in [4.78, 5) is 7.81. The average Bonchev–Trinajstić information content (AvgIpc) is 2.60. The van der Waals surface area contributed by atoms with Gasteiger partial charge in [-0.2, -0.15) is 5.10 Å². The number of fused-ring (bicyclic) bond motifs is 1. The molecule has 0 saturated carbocycles. The number of hydrogen-bond donors (Lipinski definition) is 2. The third-order valence-electron chi connectivity index (χ3n) is 2.41. The molecule has 1 aromatic heterocycles. The fraction of sp³-hybridized carbons (Fsp3) is 0.600. The van der Waals surface area contributed by atoms with Gasteiger partial charge in [0.25, 0.3) is 0 Å². The summed E-state index contributed by atoms with van der Waals surface area (Å²) in [5.41, 5.74) is 5.07. The van der Waals surface area contributed by atoms with Crippen LogP contribution in [0.5, 0.6) is 0 Å². The zero-order valence-electron chi connectivity index (χ0n) is 8.51. The molecule has 0 aromatic carbocycles. The summed E-state index contributed by atoms with van der Waals surface area (Å²) in [5.74, 6) is 1.10. The summed E-state index contributed by atoms with van der Waals surface area (Å²) in [6.07, 6.45) is 6.57. The van der Waals surface area contributed by atoms with Gasteiger partial charge in [0.15, 0.2) is 0 Å². The van der Waals surface area contributed by atoms with E-state index in [0.29, 0.717) is 0 Å². The molecule has 0 unspecified atom stereocenters. The molecule has 2 rings (SSSR count). The molecular weight excluding hydrogens is 176 g/mol. The second-order valence-corrected chi connectivity index (χ2v) is 3.60. The van der Waals surface area contributed by atoms with Crippen LogP contribution in [0.25, 0.3) is 0 Å². The van der Waals surface area contributed by atoms with Gasteiger partial charge in [-0.3, -0.25) is 0 Å². The largest absolute Gasteiger partial charge is 0.344 e. The molecule has 0 aliphatic carbocycles. The van der Waals surface area contributed by atoms with Crippen molar-refractivity contribution in [2.24, 2.45) is 5.10 Å². The van der Waals surface area contributed by atoms with Crippen molar-refractivity contribution in [3.05, 3.63) is 17.2 Å². The minimum absolute atomic E-state index is 0.770. The Morgan fingerprint density at radius 3 is 3.14 bits per heavy atom. The lowest BCUT2D eigenvalue weighted by atomic mass is 10.2. The van der Waals surface area contributed by atoms with E-state index in [1.807, 2.05) is 0 Å². The number of H-pyrrole nitrogens is 1. The van der Waals surface area contributed by atoms with Crippen LogP contribution < -0.4 is 5.43 Å². The molecule has 14 heavy (non-hydrogen) atoms. The van der Waals surface area contributed by atoms with Gasteiger partial charge >= 0.3 is 0 Å². The number of hydrogen-bond acceptors (Lipinski definition) is 3. The van der Waals surface area contributed by atoms with Crippen LogP contribution in [0.2, 0.25) is 0 Å². The zero-order chi connectivity index (χ0) is 9.80. The Balaban J connectivity index is 1.99. The maximum Gasteiger partial charge on any atom is 0.107 e. The normalized spacial score (nSPS) is 13.8. The Morgan fingerprint density at radius 1 is 1.43 bits per heavy atom. The van der Waals surface area contributed by atoms with Crippen molar-refractivity contribution < 1.29 is 0 Å². The fourth-order valence-electron chi connectivity index (χ4n) is 1.61. The summed E-state index contributed by atoms with van der Waals surface area (Å²) in [6, 6.07) is 0. The minimum atomic E-state index is 0.770. The SMILES string of the molecule is CCCCCc1nc2c([nH]1)CNN=C2. The summed E-state index contributed by atoms with van der Waals surface area (Å²) in [7, 11) is 0. The van der Waals surface area contributed by atoms with Crippen LogP contribution in [-0.4, -0.2) is 16.2 Å². The summed E-state index contributed by atoms with van der Waals surface area (Å²) in [5, 5.41) is 3.97. The fourth-order valence-corrected chi connectivity index (χ4v) is 1.61. The van der Waals surface area contributed by atoms with Crippen LogP contribution in [-0.2, 0) is 13.0 Å². The Labute approximate surface area is 83.8 Å². The number of unbranched alkanes of at least 4 members (excludes halogenated alkanes) is 2. The molecule has 1 aliphatic rings. The second kappa shape index (κ2) is 4.26. The van der Waals surface area contributed by atoms with E-state index in [9.17, 15) is 0 Å². The van der Waals surface area contributed by atoms with Crippen LogP contribution in [0.15, 0.2) is 5.10 Å². The molecule has 0 bridgehead atoms. The van der Waals surface area contributed by atoms with Gasteiger partial charge in [0.2, 0.25) is 0 Å². The van der Waals surface area contributed by atoms with E-state index in [2.05, 4.69) is 27.4 Å². The first kappa shape index (κ1) is 9.24. The molecule has 0 fully saturated rings. The highest BCUT2D eigenvalue weighted by molar-refractivity contribution is 5.79. The molecule has 0 atom stereocenters. The molecule has 2 N–H and O–H groups in total. The number of aromatic amines is 1. The summed E-state index contributed by atoms with van der Waals surface area (Å²) < 4.78 is 0. The Bertz CT molecular complexity index is 327. The van der Waals surface area contributed by atoms with Crippen molar-refractivity contribution in [1.82, 2.24) is 15.4 Å². The van der Waals surface area contributed by atoms with Gasteiger partial charge in [-0.25, -0.2) is 4.98 Å². The highest BCUT2D eigenvalue weighted by Crippen LogP contribution is 2.09. The maximum atomic E-state index is 4.48. The average molecular weight is 192 g/mol.